The third kappa shape index (κ3) is 6.68. The Labute approximate surface area is 185 Å². The third-order valence-corrected chi connectivity index (χ3v) is 5.81. The summed E-state index contributed by atoms with van der Waals surface area (Å²) in [7, 11) is 0. The fraction of sp³-hybridized carbons (Fsp3) is 0.650. The van der Waals surface area contributed by atoms with Crippen molar-refractivity contribution in [2.75, 3.05) is 57.3 Å². The van der Waals surface area contributed by atoms with Crippen molar-refractivity contribution >= 4 is 47.2 Å². The van der Waals surface area contributed by atoms with Crippen LogP contribution in [0.4, 0.5) is 5.69 Å². The zero-order chi connectivity index (χ0) is 18.4. The number of nitrogens with zero attached hydrogens (tertiary/aromatic N) is 4. The summed E-state index contributed by atoms with van der Waals surface area (Å²) in [5.74, 6) is 1.41. The molecule has 0 saturated carbocycles. The second-order valence-electron chi connectivity index (χ2n) is 7.43. The molecule has 27 heavy (non-hydrogen) atoms. The van der Waals surface area contributed by atoms with Crippen LogP contribution < -0.4 is 10.6 Å². The van der Waals surface area contributed by atoms with Crippen LogP contribution in [-0.2, 0) is 0 Å². The summed E-state index contributed by atoms with van der Waals surface area (Å²) in [5.41, 5.74) is 7.50. The summed E-state index contributed by atoms with van der Waals surface area (Å²) in [6.45, 7) is 10.6. The molecule has 0 spiro atoms. The van der Waals surface area contributed by atoms with E-state index in [0.717, 1.165) is 43.7 Å². The summed E-state index contributed by atoms with van der Waals surface area (Å²) in [6.07, 6.45) is 3.75. The minimum absolute atomic E-state index is 0. The van der Waals surface area contributed by atoms with Gasteiger partial charge in [-0.05, 0) is 69.1 Å². The predicted octanol–water partition coefficient (Wildman–Crippen LogP) is 3.52. The van der Waals surface area contributed by atoms with Crippen molar-refractivity contribution in [1.82, 2.24) is 9.80 Å². The van der Waals surface area contributed by atoms with Gasteiger partial charge in [-0.1, -0.05) is 18.5 Å². The number of guanidine groups is 1. The summed E-state index contributed by atoms with van der Waals surface area (Å²) < 4.78 is 0. The zero-order valence-corrected chi connectivity index (χ0v) is 19.4. The maximum Gasteiger partial charge on any atom is 0.191 e. The lowest BCUT2D eigenvalue weighted by Gasteiger charge is -2.37. The van der Waals surface area contributed by atoms with Crippen LogP contribution in [0.3, 0.4) is 0 Å². The molecule has 5 nitrogen and oxygen atoms in total. The topological polar surface area (TPSA) is 48.1 Å². The molecule has 0 aromatic heterocycles. The molecule has 3 rings (SSSR count). The summed E-state index contributed by atoms with van der Waals surface area (Å²) in [4.78, 5) is 11.9. The Balaban J connectivity index is 0.00000261. The molecule has 2 aliphatic heterocycles. The highest BCUT2D eigenvalue weighted by Crippen LogP contribution is 2.20. The summed E-state index contributed by atoms with van der Waals surface area (Å²) in [6, 6.07) is 8.07. The van der Waals surface area contributed by atoms with Gasteiger partial charge in [-0.15, -0.1) is 24.0 Å². The van der Waals surface area contributed by atoms with E-state index in [1.165, 1.54) is 44.6 Å². The fourth-order valence-electron chi connectivity index (χ4n) is 3.88. The van der Waals surface area contributed by atoms with Gasteiger partial charge in [0, 0.05) is 43.4 Å². The molecule has 1 aromatic rings. The van der Waals surface area contributed by atoms with E-state index in [9.17, 15) is 0 Å². The van der Waals surface area contributed by atoms with Crippen molar-refractivity contribution in [2.45, 2.75) is 26.2 Å². The first-order valence-electron chi connectivity index (χ1n) is 9.93. The number of hydrogen-bond acceptors (Lipinski definition) is 3. The first-order valence-corrected chi connectivity index (χ1v) is 10.3. The van der Waals surface area contributed by atoms with E-state index in [2.05, 4.69) is 33.8 Å². The average molecular weight is 506 g/mol. The number of benzene rings is 1. The minimum Gasteiger partial charge on any atom is -0.370 e. The molecule has 0 bridgehead atoms. The van der Waals surface area contributed by atoms with Crippen molar-refractivity contribution in [3.63, 3.8) is 0 Å². The third-order valence-electron chi connectivity index (χ3n) is 5.55. The van der Waals surface area contributed by atoms with Crippen LogP contribution in [0.1, 0.15) is 26.2 Å². The standard InChI is InChI=1S/C20H32ClN5.HI/c1-2-9-24-10-7-17(8-11-24)16-23-20(22)26-14-12-25(13-15-26)19-5-3-18(21)4-6-19;/h3-6,17H,2,7-16H2,1H3,(H2,22,23);1H. The number of piperazine rings is 1. The van der Waals surface area contributed by atoms with Crippen molar-refractivity contribution < 1.29 is 0 Å². The number of likely N-dealkylation sites (tertiary alicyclic amines) is 1. The van der Waals surface area contributed by atoms with Crippen LogP contribution in [0.2, 0.25) is 5.02 Å². The van der Waals surface area contributed by atoms with Crippen LogP contribution in [0.15, 0.2) is 29.3 Å². The summed E-state index contributed by atoms with van der Waals surface area (Å²) >= 11 is 5.98. The molecule has 1 aromatic carbocycles. The average Bonchev–Trinajstić information content (AvgIpc) is 2.68. The Kier molecular flexibility index (Phi) is 9.45. The SMILES string of the molecule is CCCN1CCC(CN=C(N)N2CCN(c3ccc(Cl)cc3)CC2)CC1.I. The zero-order valence-electron chi connectivity index (χ0n) is 16.3. The van der Waals surface area contributed by atoms with Crippen LogP contribution in [0.25, 0.3) is 0 Å². The predicted molar refractivity (Wildman–Crippen MR) is 127 cm³/mol. The van der Waals surface area contributed by atoms with Crippen molar-refractivity contribution in [1.29, 1.82) is 0 Å². The first kappa shape index (κ1) is 22.6. The maximum atomic E-state index is 6.27. The minimum atomic E-state index is 0. The van der Waals surface area contributed by atoms with Crippen molar-refractivity contribution in [2.24, 2.45) is 16.6 Å². The van der Waals surface area contributed by atoms with Gasteiger partial charge in [0.2, 0.25) is 0 Å². The number of halogens is 2. The molecule has 2 heterocycles. The lowest BCUT2D eigenvalue weighted by Crippen LogP contribution is -2.51. The molecule has 2 N–H and O–H groups in total. The van der Waals surface area contributed by atoms with Crippen LogP contribution in [-0.4, -0.2) is 68.1 Å². The second kappa shape index (κ2) is 11.3. The van der Waals surface area contributed by atoms with Gasteiger partial charge in [-0.3, -0.25) is 4.99 Å². The molecule has 0 atom stereocenters. The number of rotatable bonds is 5. The van der Waals surface area contributed by atoms with E-state index >= 15 is 0 Å². The molecule has 0 radical (unpaired) electrons. The highest BCUT2D eigenvalue weighted by molar-refractivity contribution is 14.0. The van der Waals surface area contributed by atoms with Gasteiger partial charge in [0.15, 0.2) is 5.96 Å². The van der Waals surface area contributed by atoms with Gasteiger partial charge in [-0.25, -0.2) is 0 Å². The second-order valence-corrected chi connectivity index (χ2v) is 7.87. The Morgan fingerprint density at radius 2 is 1.70 bits per heavy atom. The van der Waals surface area contributed by atoms with Crippen molar-refractivity contribution in [3.8, 4) is 0 Å². The van der Waals surface area contributed by atoms with Gasteiger partial charge in [-0.2, -0.15) is 0 Å². The highest BCUT2D eigenvalue weighted by atomic mass is 127. The molecule has 2 fully saturated rings. The Morgan fingerprint density at radius 1 is 1.07 bits per heavy atom. The smallest absolute Gasteiger partial charge is 0.191 e. The number of nitrogens with two attached hydrogens (primary N) is 1. The number of hydrogen-bond donors (Lipinski definition) is 1. The quantitative estimate of drug-likeness (QED) is 0.378. The Hall–Kier alpha value is -0.730. The molecular weight excluding hydrogens is 473 g/mol. The largest absolute Gasteiger partial charge is 0.370 e. The van der Waals surface area contributed by atoms with E-state index < -0.39 is 0 Å². The van der Waals surface area contributed by atoms with E-state index in [0.29, 0.717) is 5.92 Å². The van der Waals surface area contributed by atoms with Crippen LogP contribution in [0.5, 0.6) is 0 Å². The fourth-order valence-corrected chi connectivity index (χ4v) is 4.00. The molecule has 2 saturated heterocycles. The molecule has 152 valence electrons. The lowest BCUT2D eigenvalue weighted by molar-refractivity contribution is 0.188. The van der Waals surface area contributed by atoms with Gasteiger partial charge >= 0.3 is 0 Å². The number of piperidine rings is 1. The molecular formula is C20H33ClIN5. The van der Waals surface area contributed by atoms with Crippen LogP contribution in [0, 0.1) is 5.92 Å². The molecule has 7 heteroatoms. The monoisotopic (exact) mass is 505 g/mol. The highest BCUT2D eigenvalue weighted by Gasteiger charge is 2.21. The number of aliphatic imine (C=N–C) groups is 1. The molecule has 0 aliphatic carbocycles. The molecule has 0 unspecified atom stereocenters. The van der Waals surface area contributed by atoms with E-state index in [-0.39, 0.29) is 24.0 Å². The van der Waals surface area contributed by atoms with E-state index in [4.69, 9.17) is 22.3 Å². The summed E-state index contributed by atoms with van der Waals surface area (Å²) in [5, 5.41) is 0.782. The Morgan fingerprint density at radius 3 is 2.30 bits per heavy atom. The molecule has 2 aliphatic rings. The molecule has 0 amide bonds. The van der Waals surface area contributed by atoms with E-state index in [1.54, 1.807) is 0 Å². The lowest BCUT2D eigenvalue weighted by atomic mass is 9.97. The van der Waals surface area contributed by atoms with Gasteiger partial charge in [0.25, 0.3) is 0 Å². The van der Waals surface area contributed by atoms with Crippen LogP contribution >= 0.6 is 35.6 Å². The van der Waals surface area contributed by atoms with Gasteiger partial charge in [0.1, 0.15) is 0 Å². The first-order chi connectivity index (χ1) is 12.7. The van der Waals surface area contributed by atoms with E-state index in [1.807, 2.05) is 12.1 Å². The van der Waals surface area contributed by atoms with Crippen molar-refractivity contribution in [3.05, 3.63) is 29.3 Å². The normalized spacial score (nSPS) is 19.9. The number of anilines is 1. The maximum absolute atomic E-state index is 6.27. The van der Waals surface area contributed by atoms with Gasteiger partial charge in [0.05, 0.1) is 0 Å². The van der Waals surface area contributed by atoms with Gasteiger partial charge < -0.3 is 20.4 Å². The Bertz CT molecular complexity index is 579.